The van der Waals surface area contributed by atoms with Gasteiger partial charge < -0.3 is 0 Å². The van der Waals surface area contributed by atoms with Crippen LogP contribution < -0.4 is 0 Å². The topological polar surface area (TPSA) is 24.7 Å². The van der Waals surface area contributed by atoms with E-state index >= 15 is 0 Å². The third-order valence-corrected chi connectivity index (χ3v) is 2.58. The van der Waals surface area contributed by atoms with Crippen molar-refractivity contribution in [3.63, 3.8) is 0 Å². The number of hydrogen-bond acceptors (Lipinski definition) is 2. The smallest absolute Gasteiger partial charge is 0.0881 e. The van der Waals surface area contributed by atoms with Crippen molar-refractivity contribution in [3.8, 4) is 0 Å². The second-order valence-electron chi connectivity index (χ2n) is 3.86. The number of nitrogens with zero attached hydrogens (tertiary/aromatic N) is 2. The molecule has 0 heterocycles. The third-order valence-electron chi connectivity index (χ3n) is 2.58. The van der Waals surface area contributed by atoms with Gasteiger partial charge in [-0.05, 0) is 49.0 Å². The molecule has 80 valence electrons. The SMILES string of the molecule is C=Nc1cc(CC)c(C(C)C)cc1N=C. The highest BCUT2D eigenvalue weighted by Gasteiger charge is 2.09. The van der Waals surface area contributed by atoms with Gasteiger partial charge in [-0.25, -0.2) is 0 Å². The van der Waals surface area contributed by atoms with Crippen LogP contribution in [-0.2, 0) is 6.42 Å². The molecule has 0 aliphatic rings. The van der Waals surface area contributed by atoms with Crippen molar-refractivity contribution < 1.29 is 0 Å². The molecule has 1 aromatic carbocycles. The lowest BCUT2D eigenvalue weighted by Gasteiger charge is -2.13. The lowest BCUT2D eigenvalue weighted by molar-refractivity contribution is 0.844. The molecule has 0 aliphatic heterocycles. The van der Waals surface area contributed by atoms with E-state index in [1.807, 2.05) is 0 Å². The van der Waals surface area contributed by atoms with E-state index in [9.17, 15) is 0 Å². The van der Waals surface area contributed by atoms with E-state index in [0.29, 0.717) is 5.92 Å². The van der Waals surface area contributed by atoms with Crippen LogP contribution in [0.5, 0.6) is 0 Å². The van der Waals surface area contributed by atoms with E-state index in [-0.39, 0.29) is 0 Å². The molecule has 0 bridgehead atoms. The molecule has 0 atom stereocenters. The largest absolute Gasteiger partial charge is 0.262 e. The molecule has 0 unspecified atom stereocenters. The molecule has 0 spiro atoms. The molecular formula is C13H18N2. The van der Waals surface area contributed by atoms with Gasteiger partial charge in [0.25, 0.3) is 0 Å². The van der Waals surface area contributed by atoms with E-state index in [4.69, 9.17) is 0 Å². The van der Waals surface area contributed by atoms with E-state index in [0.717, 1.165) is 17.8 Å². The predicted molar refractivity (Wildman–Crippen MR) is 68.3 cm³/mol. The Morgan fingerprint density at radius 1 is 1.13 bits per heavy atom. The zero-order valence-electron chi connectivity index (χ0n) is 9.75. The maximum absolute atomic E-state index is 3.98. The molecule has 0 fully saturated rings. The van der Waals surface area contributed by atoms with Crippen molar-refractivity contribution in [1.82, 2.24) is 0 Å². The summed E-state index contributed by atoms with van der Waals surface area (Å²) in [5, 5.41) is 0. The summed E-state index contributed by atoms with van der Waals surface area (Å²) in [6.45, 7) is 13.6. The van der Waals surface area contributed by atoms with Crippen LogP contribution >= 0.6 is 0 Å². The molecule has 1 rings (SSSR count). The molecule has 0 aliphatic carbocycles. The van der Waals surface area contributed by atoms with Crippen molar-refractivity contribution in [2.24, 2.45) is 9.98 Å². The summed E-state index contributed by atoms with van der Waals surface area (Å²) in [4.78, 5) is 7.94. The summed E-state index contributed by atoms with van der Waals surface area (Å²) < 4.78 is 0. The summed E-state index contributed by atoms with van der Waals surface area (Å²) >= 11 is 0. The summed E-state index contributed by atoms with van der Waals surface area (Å²) in [6, 6.07) is 4.13. The summed E-state index contributed by atoms with van der Waals surface area (Å²) in [5.74, 6) is 0.499. The maximum atomic E-state index is 3.98. The molecule has 0 aromatic heterocycles. The fourth-order valence-corrected chi connectivity index (χ4v) is 1.73. The number of aryl methyl sites for hydroxylation is 1. The first-order valence-electron chi connectivity index (χ1n) is 5.24. The molecule has 2 nitrogen and oxygen atoms in total. The minimum Gasteiger partial charge on any atom is -0.262 e. The van der Waals surface area contributed by atoms with Gasteiger partial charge in [0.05, 0.1) is 11.4 Å². The van der Waals surface area contributed by atoms with Gasteiger partial charge in [-0.1, -0.05) is 20.8 Å². The van der Waals surface area contributed by atoms with Crippen molar-refractivity contribution in [2.75, 3.05) is 0 Å². The molecule has 0 N–H and O–H groups in total. The minimum atomic E-state index is 0.499. The van der Waals surface area contributed by atoms with Gasteiger partial charge >= 0.3 is 0 Å². The fourth-order valence-electron chi connectivity index (χ4n) is 1.73. The Kier molecular flexibility index (Phi) is 3.78. The highest BCUT2D eigenvalue weighted by molar-refractivity contribution is 5.69. The number of rotatable bonds is 4. The van der Waals surface area contributed by atoms with Crippen molar-refractivity contribution >= 4 is 24.8 Å². The minimum absolute atomic E-state index is 0.499. The Morgan fingerprint density at radius 3 is 2.07 bits per heavy atom. The standard InChI is InChI=1S/C13H18N2/c1-6-10-7-12(14-4)13(15-5)8-11(10)9(2)3/h7-9H,4-6H2,1-3H3. The van der Waals surface area contributed by atoms with Crippen LogP contribution in [0.2, 0.25) is 0 Å². The van der Waals surface area contributed by atoms with Gasteiger partial charge in [0.1, 0.15) is 0 Å². The summed E-state index contributed by atoms with van der Waals surface area (Å²) in [5.41, 5.74) is 4.30. The highest BCUT2D eigenvalue weighted by atomic mass is 14.8. The molecule has 15 heavy (non-hydrogen) atoms. The monoisotopic (exact) mass is 202 g/mol. The first-order valence-corrected chi connectivity index (χ1v) is 5.24. The van der Waals surface area contributed by atoms with Crippen LogP contribution in [0.25, 0.3) is 0 Å². The maximum Gasteiger partial charge on any atom is 0.0881 e. The first-order chi connectivity index (χ1) is 7.13. The Hall–Kier alpha value is -1.44. The van der Waals surface area contributed by atoms with Gasteiger partial charge in [-0.2, -0.15) is 0 Å². The average Bonchev–Trinajstić information content (AvgIpc) is 2.26. The lowest BCUT2D eigenvalue weighted by atomic mass is 9.94. The van der Waals surface area contributed by atoms with Gasteiger partial charge in [-0.3, -0.25) is 9.98 Å². The summed E-state index contributed by atoms with van der Waals surface area (Å²) in [7, 11) is 0. The van der Waals surface area contributed by atoms with E-state index in [1.54, 1.807) is 0 Å². The molecule has 0 amide bonds. The van der Waals surface area contributed by atoms with Crippen LogP contribution in [0.4, 0.5) is 11.4 Å². The van der Waals surface area contributed by atoms with Gasteiger partial charge in [-0.15, -0.1) is 0 Å². The Bertz CT molecular complexity index is 378. The first kappa shape index (κ1) is 11.6. The van der Waals surface area contributed by atoms with E-state index < -0.39 is 0 Å². The predicted octanol–water partition coefficient (Wildman–Crippen LogP) is 4.04. The quantitative estimate of drug-likeness (QED) is 0.658. The van der Waals surface area contributed by atoms with Gasteiger partial charge in [0, 0.05) is 0 Å². The van der Waals surface area contributed by atoms with Crippen molar-refractivity contribution in [2.45, 2.75) is 33.1 Å². The number of benzene rings is 1. The van der Waals surface area contributed by atoms with Gasteiger partial charge in [0.15, 0.2) is 0 Å². The lowest BCUT2D eigenvalue weighted by Crippen LogP contribution is -1.94. The van der Waals surface area contributed by atoms with Crippen LogP contribution in [-0.4, -0.2) is 13.4 Å². The van der Waals surface area contributed by atoms with Crippen molar-refractivity contribution in [1.29, 1.82) is 0 Å². The summed E-state index contributed by atoms with van der Waals surface area (Å²) in [6.07, 6.45) is 1.01. The zero-order chi connectivity index (χ0) is 11.4. The zero-order valence-corrected chi connectivity index (χ0v) is 9.75. The van der Waals surface area contributed by atoms with E-state index in [2.05, 4.69) is 56.3 Å². The molecule has 0 saturated heterocycles. The van der Waals surface area contributed by atoms with E-state index in [1.165, 1.54) is 11.1 Å². The third kappa shape index (κ3) is 2.32. The van der Waals surface area contributed by atoms with Gasteiger partial charge in [0.2, 0.25) is 0 Å². The average molecular weight is 202 g/mol. The molecule has 1 aromatic rings. The Labute approximate surface area is 91.8 Å². The second kappa shape index (κ2) is 4.87. The molecule has 0 radical (unpaired) electrons. The normalized spacial score (nSPS) is 10.4. The van der Waals surface area contributed by atoms with Crippen molar-refractivity contribution in [3.05, 3.63) is 23.3 Å². The molecule has 0 saturated carbocycles. The molecular weight excluding hydrogens is 184 g/mol. The number of hydrogen-bond donors (Lipinski definition) is 0. The number of aliphatic imine (C=N–C) groups is 2. The second-order valence-corrected chi connectivity index (χ2v) is 3.86. The highest BCUT2D eigenvalue weighted by Crippen LogP contribution is 2.34. The van der Waals surface area contributed by atoms with Crippen LogP contribution in [0, 0.1) is 0 Å². The van der Waals surface area contributed by atoms with Crippen LogP contribution in [0.1, 0.15) is 37.8 Å². The van der Waals surface area contributed by atoms with Crippen LogP contribution in [0.3, 0.4) is 0 Å². The molecule has 2 heteroatoms. The fraction of sp³-hybridized carbons (Fsp3) is 0.385. The Morgan fingerprint density at radius 2 is 1.67 bits per heavy atom. The Balaban J connectivity index is 3.40. The van der Waals surface area contributed by atoms with Crippen LogP contribution in [0.15, 0.2) is 22.1 Å².